The number of hydrogen-bond donors (Lipinski definition) is 1. The van der Waals surface area contributed by atoms with E-state index < -0.39 is 16.0 Å². The molecule has 2 aromatic carbocycles. The number of piperidine rings is 1. The first-order valence-corrected chi connectivity index (χ1v) is 10.9. The number of hydrogen-bond acceptors (Lipinski definition) is 6. The van der Waals surface area contributed by atoms with E-state index in [1.54, 1.807) is 14.0 Å². The standard InChI is InChI=1S/C21H26N2O5S/c1-15-14-16(21(24)28-3)4-9-20(15)29(25,26)22-17-10-12-23(13-11-17)18-5-7-19(27-2)8-6-18/h4-9,14,17,22H,10-13H2,1-3H3. The van der Waals surface area contributed by atoms with Crippen molar-refractivity contribution in [2.45, 2.75) is 30.7 Å². The van der Waals surface area contributed by atoms with Crippen LogP contribution in [-0.2, 0) is 14.8 Å². The minimum Gasteiger partial charge on any atom is -0.497 e. The quantitative estimate of drug-likeness (QED) is 0.726. The lowest BCUT2D eigenvalue weighted by Gasteiger charge is -2.34. The molecule has 0 unspecified atom stereocenters. The molecule has 1 N–H and O–H groups in total. The number of benzene rings is 2. The van der Waals surface area contributed by atoms with Gasteiger partial charge in [0.2, 0.25) is 10.0 Å². The summed E-state index contributed by atoms with van der Waals surface area (Å²) in [6.07, 6.45) is 1.43. The zero-order chi connectivity index (χ0) is 21.0. The number of methoxy groups -OCH3 is 2. The fourth-order valence-electron chi connectivity index (χ4n) is 3.53. The van der Waals surface area contributed by atoms with Gasteiger partial charge in [-0.15, -0.1) is 0 Å². The molecule has 156 valence electrons. The molecule has 8 heteroatoms. The average molecular weight is 419 g/mol. The van der Waals surface area contributed by atoms with Crippen LogP contribution < -0.4 is 14.4 Å². The van der Waals surface area contributed by atoms with Gasteiger partial charge in [0.1, 0.15) is 5.75 Å². The Morgan fingerprint density at radius 3 is 2.28 bits per heavy atom. The maximum Gasteiger partial charge on any atom is 0.337 e. The van der Waals surface area contributed by atoms with Crippen LogP contribution in [0.15, 0.2) is 47.4 Å². The number of ether oxygens (including phenoxy) is 2. The van der Waals surface area contributed by atoms with Crippen molar-refractivity contribution in [3.63, 3.8) is 0 Å². The third-order valence-electron chi connectivity index (χ3n) is 5.14. The van der Waals surface area contributed by atoms with Gasteiger partial charge < -0.3 is 14.4 Å². The second-order valence-electron chi connectivity index (χ2n) is 7.05. The predicted octanol–water partition coefficient (Wildman–Crippen LogP) is 2.74. The zero-order valence-corrected chi connectivity index (χ0v) is 17.7. The lowest BCUT2D eigenvalue weighted by Crippen LogP contribution is -2.44. The first-order valence-electron chi connectivity index (χ1n) is 9.44. The SMILES string of the molecule is COC(=O)c1ccc(S(=O)(=O)NC2CCN(c3ccc(OC)cc3)CC2)c(C)c1. The summed E-state index contributed by atoms with van der Waals surface area (Å²) in [6.45, 7) is 3.20. The number of anilines is 1. The maximum atomic E-state index is 12.8. The highest BCUT2D eigenvalue weighted by Crippen LogP contribution is 2.24. The van der Waals surface area contributed by atoms with E-state index >= 15 is 0 Å². The van der Waals surface area contributed by atoms with Crippen LogP contribution >= 0.6 is 0 Å². The molecule has 1 fully saturated rings. The summed E-state index contributed by atoms with van der Waals surface area (Å²) in [5.41, 5.74) is 1.94. The smallest absolute Gasteiger partial charge is 0.337 e. The number of carbonyl (C=O) groups is 1. The fourth-order valence-corrected chi connectivity index (χ4v) is 5.06. The van der Waals surface area contributed by atoms with Crippen LogP contribution in [0.3, 0.4) is 0 Å². The number of rotatable bonds is 6. The Kier molecular flexibility index (Phi) is 6.44. The topological polar surface area (TPSA) is 84.9 Å². The predicted molar refractivity (Wildman–Crippen MR) is 111 cm³/mol. The van der Waals surface area contributed by atoms with Gasteiger partial charge in [-0.1, -0.05) is 0 Å². The molecule has 0 atom stereocenters. The Balaban J connectivity index is 1.64. The van der Waals surface area contributed by atoms with Gasteiger partial charge in [-0.25, -0.2) is 17.9 Å². The summed E-state index contributed by atoms with van der Waals surface area (Å²) in [4.78, 5) is 14.0. The summed E-state index contributed by atoms with van der Waals surface area (Å²) in [5.74, 6) is 0.320. The van der Waals surface area contributed by atoms with E-state index in [9.17, 15) is 13.2 Å². The molecule has 2 aromatic rings. The molecule has 0 aliphatic carbocycles. The number of nitrogens with one attached hydrogen (secondary N) is 1. The summed E-state index contributed by atoms with van der Waals surface area (Å²) >= 11 is 0. The Hall–Kier alpha value is -2.58. The zero-order valence-electron chi connectivity index (χ0n) is 16.8. The molecule has 0 radical (unpaired) electrons. The molecule has 0 bridgehead atoms. The molecule has 0 saturated carbocycles. The molecular formula is C21H26N2O5S. The fraction of sp³-hybridized carbons (Fsp3) is 0.381. The van der Waals surface area contributed by atoms with Gasteiger partial charge in [-0.3, -0.25) is 0 Å². The molecule has 1 aliphatic heterocycles. The molecule has 0 aromatic heterocycles. The Bertz CT molecular complexity index is 965. The molecule has 1 heterocycles. The minimum absolute atomic E-state index is 0.130. The second-order valence-corrected chi connectivity index (χ2v) is 8.73. The third-order valence-corrected chi connectivity index (χ3v) is 6.82. The van der Waals surface area contributed by atoms with Crippen molar-refractivity contribution in [1.82, 2.24) is 4.72 Å². The van der Waals surface area contributed by atoms with Crippen LogP contribution in [0, 0.1) is 6.92 Å². The molecule has 7 nitrogen and oxygen atoms in total. The normalized spacial score (nSPS) is 15.2. The van der Waals surface area contributed by atoms with E-state index in [1.165, 1.54) is 25.3 Å². The highest BCUT2D eigenvalue weighted by atomic mass is 32.2. The molecule has 1 saturated heterocycles. The number of esters is 1. The minimum atomic E-state index is -3.67. The van der Waals surface area contributed by atoms with Crippen LogP contribution in [0.4, 0.5) is 5.69 Å². The highest BCUT2D eigenvalue weighted by molar-refractivity contribution is 7.89. The molecule has 3 rings (SSSR count). The Labute approximate surface area is 171 Å². The summed E-state index contributed by atoms with van der Waals surface area (Å²) in [6, 6.07) is 12.2. The molecule has 0 amide bonds. The highest BCUT2D eigenvalue weighted by Gasteiger charge is 2.26. The van der Waals surface area contributed by atoms with Crippen molar-refractivity contribution in [1.29, 1.82) is 0 Å². The van der Waals surface area contributed by atoms with Crippen LogP contribution in [0.1, 0.15) is 28.8 Å². The van der Waals surface area contributed by atoms with Gasteiger partial charge in [0.15, 0.2) is 0 Å². The maximum absolute atomic E-state index is 12.8. The van der Waals surface area contributed by atoms with E-state index in [1.807, 2.05) is 24.3 Å². The van der Waals surface area contributed by atoms with Gasteiger partial charge in [-0.2, -0.15) is 0 Å². The van der Waals surface area contributed by atoms with Crippen molar-refractivity contribution < 1.29 is 22.7 Å². The summed E-state index contributed by atoms with van der Waals surface area (Å²) < 4.78 is 38.4. The molecule has 29 heavy (non-hydrogen) atoms. The van der Waals surface area contributed by atoms with Gasteiger partial charge >= 0.3 is 5.97 Å². The van der Waals surface area contributed by atoms with Crippen molar-refractivity contribution in [3.8, 4) is 5.75 Å². The van der Waals surface area contributed by atoms with E-state index in [4.69, 9.17) is 4.74 Å². The van der Waals surface area contributed by atoms with Gasteiger partial charge in [0.25, 0.3) is 0 Å². The lowest BCUT2D eigenvalue weighted by molar-refractivity contribution is 0.0600. The number of aryl methyl sites for hydroxylation is 1. The molecule has 0 spiro atoms. The second kappa shape index (κ2) is 8.84. The van der Waals surface area contributed by atoms with Crippen molar-refractivity contribution in [2.75, 3.05) is 32.2 Å². The van der Waals surface area contributed by atoms with E-state index in [2.05, 4.69) is 14.4 Å². The third kappa shape index (κ3) is 4.89. The van der Waals surface area contributed by atoms with E-state index in [0.29, 0.717) is 24.0 Å². The number of nitrogens with zero attached hydrogens (tertiary/aromatic N) is 1. The Morgan fingerprint density at radius 2 is 1.72 bits per heavy atom. The summed E-state index contributed by atoms with van der Waals surface area (Å²) in [7, 11) is -0.738. The van der Waals surface area contributed by atoms with Gasteiger partial charge in [-0.05, 0) is 67.8 Å². The molecule has 1 aliphatic rings. The Morgan fingerprint density at radius 1 is 1.07 bits per heavy atom. The monoisotopic (exact) mass is 418 g/mol. The first-order chi connectivity index (χ1) is 13.8. The van der Waals surface area contributed by atoms with Crippen molar-refractivity contribution >= 4 is 21.7 Å². The van der Waals surface area contributed by atoms with Crippen LogP contribution in [0.25, 0.3) is 0 Å². The number of sulfonamides is 1. The van der Waals surface area contributed by atoms with E-state index in [0.717, 1.165) is 24.5 Å². The van der Waals surface area contributed by atoms with Crippen molar-refractivity contribution in [3.05, 3.63) is 53.6 Å². The molecular weight excluding hydrogens is 392 g/mol. The largest absolute Gasteiger partial charge is 0.497 e. The average Bonchev–Trinajstić information content (AvgIpc) is 2.73. The van der Waals surface area contributed by atoms with Crippen LogP contribution in [0.2, 0.25) is 0 Å². The van der Waals surface area contributed by atoms with Crippen LogP contribution in [0.5, 0.6) is 5.75 Å². The van der Waals surface area contributed by atoms with Gasteiger partial charge in [0.05, 0.1) is 24.7 Å². The van der Waals surface area contributed by atoms with E-state index in [-0.39, 0.29) is 10.9 Å². The van der Waals surface area contributed by atoms with Crippen LogP contribution in [-0.4, -0.2) is 47.7 Å². The summed E-state index contributed by atoms with van der Waals surface area (Å²) in [5, 5.41) is 0. The number of carbonyl (C=O) groups excluding carboxylic acids is 1. The lowest BCUT2D eigenvalue weighted by atomic mass is 10.1. The first kappa shape index (κ1) is 21.1. The van der Waals surface area contributed by atoms with Crippen molar-refractivity contribution in [2.24, 2.45) is 0 Å². The van der Waals surface area contributed by atoms with Gasteiger partial charge in [0, 0.05) is 24.8 Å².